The van der Waals surface area contributed by atoms with E-state index in [0.717, 1.165) is 23.3 Å². The first kappa shape index (κ1) is 36.6. The van der Waals surface area contributed by atoms with Crippen molar-refractivity contribution in [3.63, 3.8) is 0 Å². The van der Waals surface area contributed by atoms with Crippen molar-refractivity contribution in [2.45, 2.75) is 19.4 Å². The molecule has 0 bridgehead atoms. The summed E-state index contributed by atoms with van der Waals surface area (Å²) < 4.78 is 17.7. The molecule has 5 aliphatic rings. The number of aromatic hydroxyl groups is 1. The number of amides is 2. The molecule has 0 radical (unpaired) electrons. The van der Waals surface area contributed by atoms with Crippen LogP contribution in [0.3, 0.4) is 0 Å². The van der Waals surface area contributed by atoms with Gasteiger partial charge in [0, 0.05) is 82.6 Å². The smallest absolute Gasteiger partial charge is 0.253 e. The fourth-order valence-electron chi connectivity index (χ4n) is 7.91. The number of piperazine rings is 1. The molecule has 3 aliphatic heterocycles. The van der Waals surface area contributed by atoms with Crippen molar-refractivity contribution >= 4 is 40.7 Å². The van der Waals surface area contributed by atoms with Crippen molar-refractivity contribution in [3.8, 4) is 33.9 Å². The van der Waals surface area contributed by atoms with Crippen LogP contribution in [0.1, 0.15) is 34.1 Å². The van der Waals surface area contributed by atoms with E-state index in [0.29, 0.717) is 82.5 Å². The molecule has 3 heterocycles. The first-order valence-electron chi connectivity index (χ1n) is 18.3. The van der Waals surface area contributed by atoms with Crippen LogP contribution in [0, 0.1) is 5.92 Å². The molecule has 1 fully saturated rings. The minimum atomic E-state index is -0.256. The van der Waals surface area contributed by atoms with Crippen LogP contribution < -0.4 is 10.2 Å². The second kappa shape index (κ2) is 15.1. The van der Waals surface area contributed by atoms with Crippen LogP contribution in [-0.2, 0) is 9.53 Å². The molecule has 8 rings (SSSR count). The van der Waals surface area contributed by atoms with Crippen LogP contribution in [0.2, 0.25) is 5.02 Å². The number of carbonyl (C=O) groups excluding carboxylic acids is 3. The molecular formula is C44H38ClN3O8. The molecule has 11 nitrogen and oxygen atoms in total. The van der Waals surface area contributed by atoms with Crippen molar-refractivity contribution < 1.29 is 33.4 Å². The number of allylic oxidation sites excluding steroid dienone is 2. The molecule has 1 N–H and O–H groups in total. The fraction of sp³-hybridized carbons (Fsp3) is 0.227. The number of carbonyl (C=O) groups is 3. The third-order valence-electron chi connectivity index (χ3n) is 10.9. The Morgan fingerprint density at radius 2 is 1.71 bits per heavy atom. The molecule has 2 atom stereocenters. The average Bonchev–Trinajstić information content (AvgIpc) is 3.47. The molecule has 284 valence electrons. The Balaban J connectivity index is 0.996. The molecule has 3 aromatic carbocycles. The van der Waals surface area contributed by atoms with Crippen LogP contribution in [-0.4, -0.2) is 84.0 Å². The van der Waals surface area contributed by atoms with Crippen molar-refractivity contribution in [2.24, 2.45) is 5.92 Å². The molecule has 56 heavy (non-hydrogen) atoms. The Bertz CT molecular complexity index is 2500. The highest BCUT2D eigenvalue weighted by atomic mass is 35.5. The topological polar surface area (TPSA) is 130 Å². The van der Waals surface area contributed by atoms with E-state index in [9.17, 15) is 24.3 Å². The van der Waals surface area contributed by atoms with Crippen LogP contribution in [0.25, 0.3) is 33.4 Å². The summed E-state index contributed by atoms with van der Waals surface area (Å²) in [7, 11) is 1.63. The predicted molar refractivity (Wildman–Crippen MR) is 212 cm³/mol. The zero-order valence-electron chi connectivity index (χ0n) is 30.7. The Morgan fingerprint density at radius 3 is 2.46 bits per heavy atom. The minimum absolute atomic E-state index is 0.0219. The van der Waals surface area contributed by atoms with E-state index >= 15 is 0 Å². The largest absolute Gasteiger partial charge is 0.508 e. The predicted octanol–water partition coefficient (Wildman–Crippen LogP) is 7.12. The van der Waals surface area contributed by atoms with Gasteiger partial charge < -0.3 is 33.7 Å². The van der Waals surface area contributed by atoms with Gasteiger partial charge >= 0.3 is 0 Å². The van der Waals surface area contributed by atoms with E-state index < -0.39 is 0 Å². The minimum Gasteiger partial charge on any atom is -0.508 e. The average molecular weight is 772 g/mol. The first-order valence-corrected chi connectivity index (χ1v) is 18.6. The summed E-state index contributed by atoms with van der Waals surface area (Å²) in [5.74, 6) is 1.37. The van der Waals surface area contributed by atoms with Gasteiger partial charge in [-0.1, -0.05) is 23.7 Å². The number of phenols is 1. The lowest BCUT2D eigenvalue weighted by Gasteiger charge is -2.35. The summed E-state index contributed by atoms with van der Waals surface area (Å²) in [4.78, 5) is 58.2. The number of aldehydes is 1. The fourth-order valence-corrected chi connectivity index (χ4v) is 8.04. The molecule has 1 saturated heterocycles. The number of hydrogen-bond donors (Lipinski definition) is 1. The summed E-state index contributed by atoms with van der Waals surface area (Å²) >= 11 is 6.06. The van der Waals surface area contributed by atoms with E-state index in [2.05, 4.69) is 17.1 Å². The van der Waals surface area contributed by atoms with Crippen molar-refractivity contribution in [1.82, 2.24) is 14.7 Å². The van der Waals surface area contributed by atoms with Gasteiger partial charge in [0.1, 0.15) is 28.6 Å². The van der Waals surface area contributed by atoms with Crippen LogP contribution in [0.15, 0.2) is 123 Å². The van der Waals surface area contributed by atoms with Gasteiger partial charge in [-0.15, -0.1) is 0 Å². The van der Waals surface area contributed by atoms with Crippen LogP contribution in [0.5, 0.6) is 11.5 Å². The highest BCUT2D eigenvalue weighted by Crippen LogP contribution is 2.43. The van der Waals surface area contributed by atoms with Gasteiger partial charge in [-0.3, -0.25) is 19.2 Å². The number of methoxy groups -OCH3 is 1. The molecule has 3 aromatic rings. The molecule has 2 aliphatic carbocycles. The molecular weight excluding hydrogens is 734 g/mol. The van der Waals surface area contributed by atoms with Crippen molar-refractivity contribution in [1.29, 1.82) is 0 Å². The number of benzene rings is 4. The van der Waals surface area contributed by atoms with E-state index in [1.807, 2.05) is 25.1 Å². The molecule has 2 amide bonds. The summed E-state index contributed by atoms with van der Waals surface area (Å²) in [5, 5.41) is 11.4. The van der Waals surface area contributed by atoms with Gasteiger partial charge in [0.2, 0.25) is 5.91 Å². The van der Waals surface area contributed by atoms with Crippen LogP contribution >= 0.6 is 11.6 Å². The molecule has 0 saturated carbocycles. The van der Waals surface area contributed by atoms with Gasteiger partial charge in [-0.2, -0.15) is 0 Å². The zero-order valence-corrected chi connectivity index (χ0v) is 31.5. The lowest BCUT2D eigenvalue weighted by Crippen LogP contribution is -2.50. The zero-order chi connectivity index (χ0) is 39.1. The summed E-state index contributed by atoms with van der Waals surface area (Å²) in [6, 6.07) is 21.1. The van der Waals surface area contributed by atoms with E-state index in [1.54, 1.807) is 59.4 Å². The highest BCUT2D eigenvalue weighted by Gasteiger charge is 2.40. The SMILES string of the molecule is COC1=CC2C(CC(=O)N3CCN(C(=O)c4ccc(C=O)c(-c5c6ccc(=O)cc-6oc6cc(O)ccc56)c4)CC3)=C(C)N(COc3ccc(Cl)cc3)C2C=C1. The molecule has 12 heteroatoms. The van der Waals surface area contributed by atoms with E-state index in [-0.39, 0.29) is 47.1 Å². The Hall–Kier alpha value is -6.33. The van der Waals surface area contributed by atoms with E-state index in [1.165, 1.54) is 24.3 Å². The Labute approximate surface area is 327 Å². The summed E-state index contributed by atoms with van der Waals surface area (Å²) in [6.07, 6.45) is 7.02. The van der Waals surface area contributed by atoms with Crippen molar-refractivity contribution in [3.05, 3.63) is 140 Å². The lowest BCUT2D eigenvalue weighted by atomic mass is 9.88. The number of phenolic OH excluding ortho intramolecular Hbond substituents is 1. The third-order valence-corrected chi connectivity index (χ3v) is 11.1. The number of fused-ring (bicyclic) bond motifs is 3. The maximum Gasteiger partial charge on any atom is 0.253 e. The second-order valence-corrected chi connectivity index (χ2v) is 14.5. The normalized spacial score (nSPS) is 18.0. The van der Waals surface area contributed by atoms with E-state index in [4.69, 9.17) is 25.5 Å². The molecule has 2 unspecified atom stereocenters. The van der Waals surface area contributed by atoms with Gasteiger partial charge in [0.15, 0.2) is 18.4 Å². The highest BCUT2D eigenvalue weighted by molar-refractivity contribution is 6.30. The molecule has 0 aromatic heterocycles. The number of halogens is 1. The number of hydrogen-bond acceptors (Lipinski definition) is 9. The standard InChI is InChI=1S/C44H38ClN3O8/c1-26-36(38-22-33(54-2)11-14-39(38)48(26)25-55-32-9-5-29(45)6-10-32)23-42(52)46-15-17-47(18-16-46)44(53)27-3-4-28(24-49)37(19-27)43-34-12-7-30(50)20-40(34)56-41-21-31(51)8-13-35(41)43/h3-14,19-22,24,38-39,50H,15-18,23,25H2,1-2H3. The monoisotopic (exact) mass is 771 g/mol. The van der Waals surface area contributed by atoms with Crippen LogP contribution in [0.4, 0.5) is 0 Å². The third kappa shape index (κ3) is 6.90. The maximum absolute atomic E-state index is 14.0. The Kier molecular flexibility index (Phi) is 9.86. The van der Waals surface area contributed by atoms with Gasteiger partial charge in [0.25, 0.3) is 5.91 Å². The maximum atomic E-state index is 14.0. The van der Waals surface area contributed by atoms with Gasteiger partial charge in [-0.05, 0) is 90.9 Å². The molecule has 0 spiro atoms. The Morgan fingerprint density at radius 1 is 0.946 bits per heavy atom. The van der Waals surface area contributed by atoms with Gasteiger partial charge in [-0.25, -0.2) is 0 Å². The lowest BCUT2D eigenvalue weighted by molar-refractivity contribution is -0.132. The number of nitrogens with zero attached hydrogens (tertiary/aromatic N) is 3. The first-order chi connectivity index (χ1) is 27.1. The number of rotatable bonds is 9. The summed E-state index contributed by atoms with van der Waals surface area (Å²) in [5.41, 5.74) is 4.42. The van der Waals surface area contributed by atoms with Gasteiger partial charge in [0.05, 0.1) is 19.6 Å². The summed E-state index contributed by atoms with van der Waals surface area (Å²) in [6.45, 7) is 3.70. The van der Waals surface area contributed by atoms with Crippen molar-refractivity contribution in [2.75, 3.05) is 40.0 Å². The second-order valence-electron chi connectivity index (χ2n) is 14.0. The number of ether oxygens (including phenoxy) is 2. The quantitative estimate of drug-likeness (QED) is 0.123.